The van der Waals surface area contributed by atoms with Crippen molar-refractivity contribution >= 4 is 28.7 Å². The van der Waals surface area contributed by atoms with Crippen molar-refractivity contribution in [2.45, 2.75) is 26.8 Å². The molecular weight excluding hydrogens is 398 g/mol. The van der Waals surface area contributed by atoms with Gasteiger partial charge in [-0.1, -0.05) is 45.0 Å². The van der Waals surface area contributed by atoms with Gasteiger partial charge in [0, 0.05) is 5.69 Å². The van der Waals surface area contributed by atoms with Gasteiger partial charge in [0.1, 0.15) is 11.4 Å². The summed E-state index contributed by atoms with van der Waals surface area (Å²) in [4.78, 5) is 36.8. The molecule has 0 unspecified atom stereocenters. The highest BCUT2D eigenvalue weighted by molar-refractivity contribution is 5.99. The van der Waals surface area contributed by atoms with Crippen LogP contribution in [0.1, 0.15) is 31.1 Å². The van der Waals surface area contributed by atoms with Crippen LogP contribution < -0.4 is 26.8 Å². The van der Waals surface area contributed by atoms with Gasteiger partial charge in [0.05, 0.1) is 23.9 Å². The zero-order valence-electron chi connectivity index (χ0n) is 17.5. The first-order chi connectivity index (χ1) is 14.6. The zero-order valence-corrected chi connectivity index (χ0v) is 17.5. The maximum atomic E-state index is 12.7. The second-order valence-corrected chi connectivity index (χ2v) is 8.30. The quantitative estimate of drug-likeness (QED) is 0.292. The molecule has 1 atom stereocenters. The predicted octanol–water partition coefficient (Wildman–Crippen LogP) is 2.61. The Balaban J connectivity index is 1.85. The molecule has 0 aliphatic rings. The number of carbonyl (C=O) groups excluding carboxylic acids is 1. The van der Waals surface area contributed by atoms with Gasteiger partial charge in [0.15, 0.2) is 5.75 Å². The number of carbonyl (C=O) groups is 1. The predicted molar refractivity (Wildman–Crippen MR) is 120 cm³/mol. The molecule has 0 spiro atoms. The molecule has 31 heavy (non-hydrogen) atoms. The molecule has 3 aromatic carbocycles. The minimum absolute atomic E-state index is 0.00429. The van der Waals surface area contributed by atoms with Gasteiger partial charge in [0.2, 0.25) is 0 Å². The van der Waals surface area contributed by atoms with Gasteiger partial charge in [-0.3, -0.25) is 14.4 Å². The first kappa shape index (κ1) is 22.0. The summed E-state index contributed by atoms with van der Waals surface area (Å²) in [5, 5.41) is 28.6. The van der Waals surface area contributed by atoms with Gasteiger partial charge in [-0.05, 0) is 29.7 Å². The number of aliphatic hydroxyl groups is 1. The lowest BCUT2D eigenvalue weighted by molar-refractivity contribution is 0.0845. The third-order valence-corrected chi connectivity index (χ3v) is 5.03. The minimum Gasteiger partial charge on any atom is -0.505 e. The summed E-state index contributed by atoms with van der Waals surface area (Å²) in [6, 6.07) is 12.8. The van der Waals surface area contributed by atoms with E-state index < -0.39 is 28.2 Å². The van der Waals surface area contributed by atoms with Gasteiger partial charge < -0.3 is 26.2 Å². The highest BCUT2D eigenvalue weighted by Gasteiger charge is 2.28. The maximum Gasteiger partial charge on any atom is 0.255 e. The Labute approximate surface area is 179 Å². The molecule has 0 radical (unpaired) electrons. The van der Waals surface area contributed by atoms with E-state index in [2.05, 4.69) is 16.0 Å². The summed E-state index contributed by atoms with van der Waals surface area (Å²) in [6.07, 6.45) is 0. The van der Waals surface area contributed by atoms with Crippen LogP contribution in [0, 0.1) is 5.41 Å². The van der Waals surface area contributed by atoms with E-state index in [1.807, 2.05) is 26.8 Å². The van der Waals surface area contributed by atoms with E-state index in [1.165, 1.54) is 18.2 Å². The fourth-order valence-corrected chi connectivity index (χ4v) is 3.03. The largest absolute Gasteiger partial charge is 0.505 e. The Hall–Kier alpha value is -3.65. The monoisotopic (exact) mass is 423 g/mol. The molecule has 5 N–H and O–H groups in total. The Morgan fingerprint density at radius 2 is 1.55 bits per heavy atom. The molecule has 8 heteroatoms. The molecule has 0 heterocycles. The molecule has 0 saturated heterocycles. The van der Waals surface area contributed by atoms with E-state index in [4.69, 9.17) is 0 Å². The molecule has 3 rings (SSSR count). The number of hydrogen-bond acceptors (Lipinski definition) is 7. The molecule has 3 aromatic rings. The molecule has 8 nitrogen and oxygen atoms in total. The highest BCUT2D eigenvalue weighted by atomic mass is 16.3. The number of benzene rings is 2. The Bertz CT molecular complexity index is 1160. The number of phenolic OH excluding ortho intramolecular Hbond substituents is 1. The summed E-state index contributed by atoms with van der Waals surface area (Å²) in [5.41, 5.74) is -0.986. The average Bonchev–Trinajstić information content (AvgIpc) is 2.74. The van der Waals surface area contributed by atoms with E-state index >= 15 is 0 Å². The van der Waals surface area contributed by atoms with Crippen LogP contribution >= 0.6 is 0 Å². The van der Waals surface area contributed by atoms with Crippen LogP contribution in [-0.2, 0) is 0 Å². The standard InChI is InChI=1S/C23H25N3O5/c1-23(2,3)16(12-27)26-22(31)14-10-7-11-15(19(14)28)25-18-17(20(29)21(18)30)24-13-8-5-4-6-9-13/h4-11,16,24-25,27-28H,12H2,1-3H3,(H,26,31)/t16-/m1/s1. The third-order valence-electron chi connectivity index (χ3n) is 5.03. The lowest BCUT2D eigenvalue weighted by Crippen LogP contribution is -2.46. The van der Waals surface area contributed by atoms with E-state index in [1.54, 1.807) is 24.3 Å². The van der Waals surface area contributed by atoms with Crippen LogP contribution in [0.3, 0.4) is 0 Å². The van der Waals surface area contributed by atoms with Crippen LogP contribution in [0.2, 0.25) is 0 Å². The van der Waals surface area contributed by atoms with Crippen LogP contribution in [-0.4, -0.2) is 28.8 Å². The first-order valence-electron chi connectivity index (χ1n) is 9.79. The van der Waals surface area contributed by atoms with Crippen LogP contribution in [0.25, 0.3) is 0 Å². The summed E-state index contributed by atoms with van der Waals surface area (Å²) < 4.78 is 0. The second-order valence-electron chi connectivity index (χ2n) is 8.30. The smallest absolute Gasteiger partial charge is 0.255 e. The molecule has 162 valence electrons. The Morgan fingerprint density at radius 3 is 2.13 bits per heavy atom. The van der Waals surface area contributed by atoms with Crippen molar-refractivity contribution in [1.82, 2.24) is 5.32 Å². The first-order valence-corrected chi connectivity index (χ1v) is 9.79. The summed E-state index contributed by atoms with van der Waals surface area (Å²) in [5.74, 6) is -0.938. The molecule has 0 aliphatic heterocycles. The lowest BCUT2D eigenvalue weighted by Gasteiger charge is -2.30. The summed E-state index contributed by atoms with van der Waals surface area (Å²) >= 11 is 0. The van der Waals surface area contributed by atoms with Gasteiger partial charge in [-0.2, -0.15) is 0 Å². The number of hydrogen-bond donors (Lipinski definition) is 5. The van der Waals surface area contributed by atoms with Crippen molar-refractivity contribution in [3.63, 3.8) is 0 Å². The number of nitrogens with one attached hydrogen (secondary N) is 3. The molecule has 0 fully saturated rings. The number of phenols is 1. The van der Waals surface area contributed by atoms with Gasteiger partial charge in [-0.15, -0.1) is 0 Å². The molecular formula is C23H25N3O5. The zero-order chi connectivity index (χ0) is 22.8. The fourth-order valence-electron chi connectivity index (χ4n) is 3.03. The van der Waals surface area contributed by atoms with E-state index in [9.17, 15) is 24.6 Å². The third kappa shape index (κ3) is 4.59. The van der Waals surface area contributed by atoms with Crippen molar-refractivity contribution in [1.29, 1.82) is 0 Å². The van der Waals surface area contributed by atoms with Crippen LogP contribution in [0.5, 0.6) is 5.75 Å². The Kier molecular flexibility index (Phi) is 6.12. The number of aromatic hydroxyl groups is 1. The molecule has 0 saturated carbocycles. The van der Waals surface area contributed by atoms with Crippen molar-refractivity contribution in [3.05, 3.63) is 74.5 Å². The van der Waals surface area contributed by atoms with Gasteiger partial charge >= 0.3 is 0 Å². The van der Waals surface area contributed by atoms with Crippen LogP contribution in [0.15, 0.2) is 58.1 Å². The van der Waals surface area contributed by atoms with Crippen molar-refractivity contribution in [2.75, 3.05) is 17.2 Å². The number of anilines is 4. The maximum absolute atomic E-state index is 12.7. The highest BCUT2D eigenvalue weighted by Crippen LogP contribution is 2.32. The lowest BCUT2D eigenvalue weighted by atomic mass is 9.87. The second kappa shape index (κ2) is 8.61. The number of rotatable bonds is 7. The number of amides is 1. The van der Waals surface area contributed by atoms with Gasteiger partial charge in [0.25, 0.3) is 16.8 Å². The molecule has 1 amide bonds. The SMILES string of the molecule is CC(C)(C)[C@@H](CO)NC(=O)c1cccc(Nc2c(Nc3ccccc3)c(=O)c2=O)c1O. The normalized spacial score (nSPS) is 12.4. The van der Waals surface area contributed by atoms with Crippen molar-refractivity contribution in [3.8, 4) is 5.75 Å². The van der Waals surface area contributed by atoms with E-state index in [-0.39, 0.29) is 35.0 Å². The topological polar surface area (TPSA) is 128 Å². The average molecular weight is 423 g/mol. The van der Waals surface area contributed by atoms with E-state index in [0.717, 1.165) is 0 Å². The van der Waals surface area contributed by atoms with Crippen molar-refractivity contribution in [2.24, 2.45) is 5.41 Å². The number of para-hydroxylation sites is 2. The molecule has 0 aliphatic carbocycles. The van der Waals surface area contributed by atoms with Gasteiger partial charge in [-0.25, -0.2) is 0 Å². The summed E-state index contributed by atoms with van der Waals surface area (Å²) in [6.45, 7) is 5.36. The molecule has 0 aromatic heterocycles. The van der Waals surface area contributed by atoms with Crippen molar-refractivity contribution < 1.29 is 15.0 Å². The van der Waals surface area contributed by atoms with E-state index in [0.29, 0.717) is 5.69 Å². The minimum atomic E-state index is -0.722. The fraction of sp³-hybridized carbons (Fsp3) is 0.261. The summed E-state index contributed by atoms with van der Waals surface area (Å²) in [7, 11) is 0. The molecule has 0 bridgehead atoms. The Morgan fingerprint density at radius 1 is 0.935 bits per heavy atom. The number of aliphatic hydroxyl groups excluding tert-OH is 1. The van der Waals surface area contributed by atoms with Crippen LogP contribution in [0.4, 0.5) is 22.7 Å².